The van der Waals surface area contributed by atoms with Crippen molar-refractivity contribution >= 4 is 45.6 Å². The molecule has 0 spiro atoms. The lowest BCUT2D eigenvalue weighted by molar-refractivity contribution is -0.127. The molecular weight excluding hydrogens is 512 g/mol. The number of hydrogen-bond donors (Lipinski definition) is 1. The molecule has 1 N–H and O–H groups in total. The van der Waals surface area contributed by atoms with Gasteiger partial charge in [-0.2, -0.15) is 5.10 Å². The first-order chi connectivity index (χ1) is 15.9. The van der Waals surface area contributed by atoms with Crippen LogP contribution in [0, 0.1) is 0 Å². The SMILES string of the molecule is COc1cc(/C=N\NC(=O)[C@H](C)Oc2ccc(Br)cc2)ccc1OC(=O)c1ccccc1Cl. The Bertz CT molecular complexity index is 1170. The van der Waals surface area contributed by atoms with E-state index >= 15 is 0 Å². The van der Waals surface area contributed by atoms with Gasteiger partial charge in [0.05, 0.1) is 23.9 Å². The van der Waals surface area contributed by atoms with Gasteiger partial charge >= 0.3 is 5.97 Å². The van der Waals surface area contributed by atoms with Crippen molar-refractivity contribution in [3.63, 3.8) is 0 Å². The van der Waals surface area contributed by atoms with Gasteiger partial charge in [0.1, 0.15) is 5.75 Å². The van der Waals surface area contributed by atoms with Crippen LogP contribution in [0.5, 0.6) is 17.2 Å². The number of hydrazone groups is 1. The quantitative estimate of drug-likeness (QED) is 0.186. The van der Waals surface area contributed by atoms with Gasteiger partial charge in [0, 0.05) is 4.47 Å². The van der Waals surface area contributed by atoms with Crippen LogP contribution in [0.15, 0.2) is 76.3 Å². The Kier molecular flexibility index (Phi) is 8.46. The molecule has 33 heavy (non-hydrogen) atoms. The standard InChI is InChI=1S/C24H20BrClN2O5/c1-15(32-18-10-8-17(25)9-11-18)23(29)28-27-14-16-7-12-21(22(13-16)31-2)33-24(30)19-5-3-4-6-20(19)26/h3-15H,1-2H3,(H,28,29)/b27-14-/t15-/m0/s1. The second-order valence-electron chi connectivity index (χ2n) is 6.73. The average Bonchev–Trinajstić information content (AvgIpc) is 2.81. The molecule has 3 aromatic rings. The molecule has 0 unspecified atom stereocenters. The number of hydrogen-bond acceptors (Lipinski definition) is 6. The van der Waals surface area contributed by atoms with E-state index in [1.807, 2.05) is 12.1 Å². The fourth-order valence-corrected chi connectivity index (χ4v) is 3.14. The van der Waals surface area contributed by atoms with E-state index in [0.717, 1.165) is 4.47 Å². The number of ether oxygens (including phenoxy) is 3. The van der Waals surface area contributed by atoms with Crippen LogP contribution in [0.3, 0.4) is 0 Å². The number of amides is 1. The van der Waals surface area contributed by atoms with Gasteiger partial charge in [0.2, 0.25) is 0 Å². The molecular formula is C24H20BrClN2O5. The Hall–Kier alpha value is -3.36. The first-order valence-electron chi connectivity index (χ1n) is 9.77. The number of rotatable bonds is 8. The van der Waals surface area contributed by atoms with Gasteiger partial charge in [0.25, 0.3) is 5.91 Å². The minimum absolute atomic E-state index is 0.222. The van der Waals surface area contributed by atoms with E-state index in [1.54, 1.807) is 61.5 Å². The van der Waals surface area contributed by atoms with Gasteiger partial charge in [-0.1, -0.05) is 39.7 Å². The molecule has 0 aliphatic heterocycles. The van der Waals surface area contributed by atoms with E-state index in [2.05, 4.69) is 26.5 Å². The van der Waals surface area contributed by atoms with Crippen molar-refractivity contribution in [2.75, 3.05) is 7.11 Å². The van der Waals surface area contributed by atoms with Gasteiger partial charge in [-0.15, -0.1) is 0 Å². The lowest BCUT2D eigenvalue weighted by Crippen LogP contribution is -2.33. The maximum atomic E-state index is 12.4. The highest BCUT2D eigenvalue weighted by atomic mass is 79.9. The fraction of sp³-hybridized carbons (Fsp3) is 0.125. The van der Waals surface area contributed by atoms with Crippen LogP contribution in [-0.2, 0) is 4.79 Å². The lowest BCUT2D eigenvalue weighted by Gasteiger charge is -2.13. The fourth-order valence-electron chi connectivity index (χ4n) is 2.66. The van der Waals surface area contributed by atoms with Gasteiger partial charge < -0.3 is 14.2 Å². The summed E-state index contributed by atoms with van der Waals surface area (Å²) in [7, 11) is 1.45. The lowest BCUT2D eigenvalue weighted by atomic mass is 10.2. The molecule has 0 aliphatic carbocycles. The molecule has 3 rings (SSSR count). The van der Waals surface area contributed by atoms with Crippen LogP contribution in [-0.4, -0.2) is 31.3 Å². The highest BCUT2D eigenvalue weighted by Gasteiger charge is 2.16. The first kappa shape index (κ1) is 24.3. The van der Waals surface area contributed by atoms with Crippen molar-refractivity contribution < 1.29 is 23.8 Å². The first-order valence-corrected chi connectivity index (χ1v) is 10.9. The highest BCUT2D eigenvalue weighted by Crippen LogP contribution is 2.29. The van der Waals surface area contributed by atoms with Gasteiger partial charge in [-0.3, -0.25) is 4.79 Å². The summed E-state index contributed by atoms with van der Waals surface area (Å²) >= 11 is 9.39. The van der Waals surface area contributed by atoms with Crippen LogP contribution in [0.25, 0.3) is 0 Å². The molecule has 0 saturated carbocycles. The Morgan fingerprint density at radius 3 is 2.48 bits per heavy atom. The molecule has 0 bridgehead atoms. The molecule has 170 valence electrons. The van der Waals surface area contributed by atoms with Gasteiger partial charge in [-0.05, 0) is 67.1 Å². The van der Waals surface area contributed by atoms with E-state index < -0.39 is 18.0 Å². The molecule has 0 aromatic heterocycles. The number of halogens is 2. The van der Waals surface area contributed by atoms with Crippen LogP contribution in [0.1, 0.15) is 22.8 Å². The summed E-state index contributed by atoms with van der Waals surface area (Å²) in [6.07, 6.45) is 0.691. The minimum Gasteiger partial charge on any atom is -0.493 e. The average molecular weight is 532 g/mol. The van der Waals surface area contributed by atoms with Crippen molar-refractivity contribution in [3.8, 4) is 17.2 Å². The molecule has 1 amide bonds. The Morgan fingerprint density at radius 2 is 1.79 bits per heavy atom. The summed E-state index contributed by atoms with van der Waals surface area (Å²) in [5.41, 5.74) is 3.29. The second kappa shape index (κ2) is 11.5. The van der Waals surface area contributed by atoms with E-state index in [-0.39, 0.29) is 11.3 Å². The maximum Gasteiger partial charge on any atom is 0.345 e. The van der Waals surface area contributed by atoms with Crippen molar-refractivity contribution in [3.05, 3.63) is 87.4 Å². The summed E-state index contributed by atoms with van der Waals surface area (Å²) in [4.78, 5) is 24.6. The van der Waals surface area contributed by atoms with Crippen LogP contribution >= 0.6 is 27.5 Å². The summed E-state index contributed by atoms with van der Waals surface area (Å²) in [5.74, 6) is 0.0907. The van der Waals surface area contributed by atoms with Crippen molar-refractivity contribution in [1.82, 2.24) is 5.43 Å². The van der Waals surface area contributed by atoms with E-state index in [9.17, 15) is 9.59 Å². The van der Waals surface area contributed by atoms with E-state index in [0.29, 0.717) is 22.1 Å². The van der Waals surface area contributed by atoms with Crippen molar-refractivity contribution in [1.29, 1.82) is 0 Å². The molecule has 0 saturated heterocycles. The Balaban J connectivity index is 1.60. The topological polar surface area (TPSA) is 86.2 Å². The third-order valence-electron chi connectivity index (χ3n) is 4.37. The summed E-state index contributed by atoms with van der Waals surface area (Å²) in [5, 5.41) is 4.24. The number of carbonyl (C=O) groups is 2. The number of esters is 1. The number of nitrogens with one attached hydrogen (secondary N) is 1. The molecule has 0 radical (unpaired) electrons. The van der Waals surface area contributed by atoms with E-state index in [1.165, 1.54) is 13.3 Å². The van der Waals surface area contributed by atoms with E-state index in [4.69, 9.17) is 25.8 Å². The molecule has 0 heterocycles. The largest absolute Gasteiger partial charge is 0.493 e. The number of nitrogens with zero attached hydrogens (tertiary/aromatic N) is 1. The maximum absolute atomic E-state index is 12.4. The monoisotopic (exact) mass is 530 g/mol. The molecule has 7 nitrogen and oxygen atoms in total. The zero-order valence-corrected chi connectivity index (χ0v) is 20.1. The number of benzene rings is 3. The Labute approximate surface area is 204 Å². The molecule has 0 aliphatic rings. The van der Waals surface area contributed by atoms with Crippen LogP contribution in [0.2, 0.25) is 5.02 Å². The van der Waals surface area contributed by atoms with Gasteiger partial charge in [0.15, 0.2) is 17.6 Å². The molecule has 1 atom stereocenters. The number of carbonyl (C=O) groups excluding carboxylic acids is 2. The van der Waals surface area contributed by atoms with Crippen molar-refractivity contribution in [2.24, 2.45) is 5.10 Å². The van der Waals surface area contributed by atoms with Crippen LogP contribution in [0.4, 0.5) is 0 Å². The third-order valence-corrected chi connectivity index (χ3v) is 5.23. The second-order valence-corrected chi connectivity index (χ2v) is 8.05. The van der Waals surface area contributed by atoms with Crippen LogP contribution < -0.4 is 19.6 Å². The summed E-state index contributed by atoms with van der Waals surface area (Å²) in [6, 6.07) is 18.6. The molecule has 3 aromatic carbocycles. The van der Waals surface area contributed by atoms with Crippen molar-refractivity contribution in [2.45, 2.75) is 13.0 Å². The minimum atomic E-state index is -0.746. The highest BCUT2D eigenvalue weighted by molar-refractivity contribution is 9.10. The zero-order chi connectivity index (χ0) is 23.8. The summed E-state index contributed by atoms with van der Waals surface area (Å²) in [6.45, 7) is 1.62. The Morgan fingerprint density at radius 1 is 1.06 bits per heavy atom. The number of methoxy groups -OCH3 is 1. The zero-order valence-electron chi connectivity index (χ0n) is 17.7. The normalized spacial score (nSPS) is 11.6. The predicted molar refractivity (Wildman–Crippen MR) is 129 cm³/mol. The third kappa shape index (κ3) is 6.81. The van der Waals surface area contributed by atoms with Gasteiger partial charge in [-0.25, -0.2) is 10.2 Å². The predicted octanol–water partition coefficient (Wildman–Crippen LogP) is 5.25. The smallest absolute Gasteiger partial charge is 0.345 e. The summed E-state index contributed by atoms with van der Waals surface area (Å²) < 4.78 is 17.2. The molecule has 0 fully saturated rings. The molecule has 9 heteroatoms.